The van der Waals surface area contributed by atoms with Crippen LogP contribution in [0.15, 0.2) is 55.1 Å². The summed E-state index contributed by atoms with van der Waals surface area (Å²) in [7, 11) is 0. The fourth-order valence-corrected chi connectivity index (χ4v) is 6.27. The second-order valence-electron chi connectivity index (χ2n) is 10.4. The number of anilines is 1. The molecule has 14 heteroatoms. The van der Waals surface area contributed by atoms with Crippen molar-refractivity contribution in [3.63, 3.8) is 0 Å². The lowest BCUT2D eigenvalue weighted by Gasteiger charge is -2.35. The highest BCUT2D eigenvalue weighted by Gasteiger charge is 2.28. The third kappa shape index (κ3) is 6.56. The van der Waals surface area contributed by atoms with Crippen LogP contribution in [0.2, 0.25) is 5.02 Å². The summed E-state index contributed by atoms with van der Waals surface area (Å²) >= 11 is 7.05. The van der Waals surface area contributed by atoms with Gasteiger partial charge in [0.05, 0.1) is 24.8 Å². The molecule has 0 aliphatic carbocycles. The number of rotatable bonds is 11. The van der Waals surface area contributed by atoms with Gasteiger partial charge in [-0.3, -0.25) is 14.1 Å². The van der Waals surface area contributed by atoms with Crippen LogP contribution >= 0.6 is 22.9 Å². The van der Waals surface area contributed by atoms with E-state index in [1.807, 2.05) is 19.1 Å². The minimum absolute atomic E-state index is 0.0384. The number of fused-ring (bicyclic) bond motifs is 1. The van der Waals surface area contributed by atoms with Gasteiger partial charge in [0.2, 0.25) is 11.7 Å². The van der Waals surface area contributed by atoms with Crippen molar-refractivity contribution in [1.29, 1.82) is 0 Å². The van der Waals surface area contributed by atoms with Gasteiger partial charge in [-0.05, 0) is 32.0 Å². The number of carbonyl (C=O) groups excluding carboxylic acids is 2. The first-order chi connectivity index (χ1) is 21.8. The van der Waals surface area contributed by atoms with E-state index in [2.05, 4.69) is 19.8 Å². The van der Waals surface area contributed by atoms with Gasteiger partial charge in [-0.15, -0.1) is 0 Å². The summed E-state index contributed by atoms with van der Waals surface area (Å²) in [6.45, 7) is 7.87. The Kier molecular flexibility index (Phi) is 9.10. The zero-order valence-corrected chi connectivity index (χ0v) is 26.4. The highest BCUT2D eigenvalue weighted by Crippen LogP contribution is 2.27. The number of hydrogen-bond donors (Lipinski definition) is 0. The maximum Gasteiger partial charge on any atom is 0.349 e. The number of carbonyl (C=O) groups is 2. The first kappa shape index (κ1) is 30.7. The molecule has 0 saturated carbocycles. The van der Waals surface area contributed by atoms with Crippen LogP contribution < -0.4 is 9.64 Å². The fraction of sp³-hybridized carbons (Fsp3) is 0.323. The van der Waals surface area contributed by atoms with Gasteiger partial charge in [-0.2, -0.15) is 4.98 Å². The van der Waals surface area contributed by atoms with E-state index in [4.69, 9.17) is 26.1 Å². The molecule has 0 radical (unpaired) electrons. The Morgan fingerprint density at radius 3 is 2.67 bits per heavy atom. The van der Waals surface area contributed by atoms with Crippen molar-refractivity contribution in [2.75, 3.05) is 37.7 Å². The van der Waals surface area contributed by atoms with Gasteiger partial charge in [-0.1, -0.05) is 35.1 Å². The van der Waals surface area contributed by atoms with E-state index in [-0.39, 0.29) is 19.0 Å². The van der Waals surface area contributed by atoms with Gasteiger partial charge in [0.1, 0.15) is 34.5 Å². The van der Waals surface area contributed by atoms with E-state index >= 15 is 0 Å². The Morgan fingerprint density at radius 2 is 1.91 bits per heavy atom. The molecule has 0 spiro atoms. The van der Waals surface area contributed by atoms with Crippen molar-refractivity contribution in [2.45, 2.75) is 33.5 Å². The molecule has 1 fully saturated rings. The molecule has 0 bridgehead atoms. The molecule has 0 N–H and O–H groups in total. The predicted molar refractivity (Wildman–Crippen MR) is 168 cm³/mol. The SMILES string of the molecule is CCOC(=O)c1cn2c(C(=O)c3cncn3CC)c(CN3CCN(c4cccc(OCc5ccc(Cl)cc5F)n4)CC3)nc2s1. The molecule has 4 aromatic heterocycles. The predicted octanol–water partition coefficient (Wildman–Crippen LogP) is 5.11. The summed E-state index contributed by atoms with van der Waals surface area (Å²) in [6, 6.07) is 10.0. The van der Waals surface area contributed by atoms with E-state index in [0.29, 0.717) is 82.7 Å². The van der Waals surface area contributed by atoms with Crippen LogP contribution in [0.3, 0.4) is 0 Å². The molecule has 1 aliphatic heterocycles. The highest BCUT2D eigenvalue weighted by atomic mass is 35.5. The van der Waals surface area contributed by atoms with Crippen LogP contribution in [0.1, 0.15) is 51.0 Å². The molecule has 5 heterocycles. The van der Waals surface area contributed by atoms with E-state index < -0.39 is 11.8 Å². The Morgan fingerprint density at radius 1 is 1.09 bits per heavy atom. The molecule has 1 aliphatic rings. The molecule has 234 valence electrons. The quantitative estimate of drug-likeness (QED) is 0.142. The summed E-state index contributed by atoms with van der Waals surface area (Å²) in [5.74, 6) is 0.0964. The van der Waals surface area contributed by atoms with Crippen molar-refractivity contribution >= 4 is 45.5 Å². The van der Waals surface area contributed by atoms with Gasteiger partial charge in [0.25, 0.3) is 0 Å². The van der Waals surface area contributed by atoms with Crippen molar-refractivity contribution < 1.29 is 23.5 Å². The highest BCUT2D eigenvalue weighted by molar-refractivity contribution is 7.18. The maximum absolute atomic E-state index is 14.2. The zero-order chi connectivity index (χ0) is 31.5. The van der Waals surface area contributed by atoms with E-state index in [1.54, 1.807) is 52.8 Å². The van der Waals surface area contributed by atoms with Crippen molar-refractivity contribution in [2.24, 2.45) is 0 Å². The monoisotopic (exact) mass is 651 g/mol. The molecular formula is C31H31ClFN7O4S. The van der Waals surface area contributed by atoms with Gasteiger partial charge >= 0.3 is 5.97 Å². The van der Waals surface area contributed by atoms with Gasteiger partial charge < -0.3 is 18.9 Å². The number of ketones is 1. The number of benzene rings is 1. The number of hydrogen-bond acceptors (Lipinski definition) is 10. The summed E-state index contributed by atoms with van der Waals surface area (Å²) in [6.07, 6.45) is 4.82. The number of imidazole rings is 2. The lowest BCUT2D eigenvalue weighted by atomic mass is 10.1. The standard InChI is InChI=1S/C31H31ClFN7O4S/c1-3-38-19-34-15-24(38)29(41)28-23(35-31-40(28)17-25(45-31)30(42)43-4-2)16-37-10-12-39(13-11-37)26-6-5-7-27(36-26)44-18-20-8-9-21(32)14-22(20)33/h5-9,14-15,17,19H,3-4,10-13,16,18H2,1-2H3. The van der Waals surface area contributed by atoms with Crippen LogP contribution in [0.4, 0.5) is 10.2 Å². The number of ether oxygens (including phenoxy) is 2. The molecule has 1 aromatic carbocycles. The molecule has 0 amide bonds. The molecule has 5 aromatic rings. The topological polar surface area (TPSA) is 107 Å². The zero-order valence-electron chi connectivity index (χ0n) is 24.8. The molecule has 1 saturated heterocycles. The Bertz CT molecular complexity index is 1850. The lowest BCUT2D eigenvalue weighted by Crippen LogP contribution is -2.46. The summed E-state index contributed by atoms with van der Waals surface area (Å²) in [5, 5.41) is 0.332. The first-order valence-corrected chi connectivity index (χ1v) is 15.8. The molecule has 11 nitrogen and oxygen atoms in total. The Balaban J connectivity index is 1.16. The summed E-state index contributed by atoms with van der Waals surface area (Å²) < 4.78 is 28.6. The Labute approximate surface area is 267 Å². The van der Waals surface area contributed by atoms with Crippen molar-refractivity contribution in [3.05, 3.63) is 93.5 Å². The molecule has 45 heavy (non-hydrogen) atoms. The number of aromatic nitrogens is 5. The summed E-state index contributed by atoms with van der Waals surface area (Å²) in [4.78, 5) is 45.3. The van der Waals surface area contributed by atoms with Gasteiger partial charge in [-0.25, -0.2) is 19.2 Å². The molecule has 0 unspecified atom stereocenters. The third-order valence-electron chi connectivity index (χ3n) is 7.55. The number of esters is 1. The van der Waals surface area contributed by atoms with Crippen molar-refractivity contribution in [1.82, 2.24) is 28.8 Å². The lowest BCUT2D eigenvalue weighted by molar-refractivity contribution is 0.0531. The average molecular weight is 652 g/mol. The van der Waals surface area contributed by atoms with E-state index in [9.17, 15) is 14.0 Å². The third-order valence-corrected chi connectivity index (χ3v) is 8.74. The number of piperazine rings is 1. The van der Waals surface area contributed by atoms with Crippen LogP contribution in [0, 0.1) is 5.82 Å². The van der Waals surface area contributed by atoms with Crippen LogP contribution in [-0.2, 0) is 24.4 Å². The van der Waals surface area contributed by atoms with Crippen LogP contribution in [-0.4, -0.2) is 73.4 Å². The largest absolute Gasteiger partial charge is 0.473 e. The minimum atomic E-state index is -0.442. The molecule has 0 atom stereocenters. The number of nitrogens with zero attached hydrogens (tertiary/aromatic N) is 7. The average Bonchev–Trinajstić information content (AvgIpc) is 3.76. The smallest absolute Gasteiger partial charge is 0.349 e. The minimum Gasteiger partial charge on any atom is -0.473 e. The van der Waals surface area contributed by atoms with Gasteiger partial charge in [0.15, 0.2) is 4.96 Å². The number of aryl methyl sites for hydroxylation is 1. The number of halogens is 2. The molecular weight excluding hydrogens is 621 g/mol. The van der Waals surface area contributed by atoms with Gasteiger partial charge in [0, 0.05) is 62.1 Å². The second kappa shape index (κ2) is 13.3. The number of pyridine rings is 1. The fourth-order valence-electron chi connectivity index (χ4n) is 5.22. The van der Waals surface area contributed by atoms with Crippen molar-refractivity contribution in [3.8, 4) is 5.88 Å². The first-order valence-electron chi connectivity index (χ1n) is 14.6. The number of thiazole rings is 1. The Hall–Kier alpha value is -4.33. The van der Waals surface area contributed by atoms with Crippen LogP contribution in [0.5, 0.6) is 5.88 Å². The normalized spacial score (nSPS) is 13.8. The maximum atomic E-state index is 14.2. The van der Waals surface area contributed by atoms with E-state index in [1.165, 1.54) is 17.4 Å². The van der Waals surface area contributed by atoms with Crippen LogP contribution in [0.25, 0.3) is 4.96 Å². The van der Waals surface area contributed by atoms with E-state index in [0.717, 1.165) is 5.82 Å². The summed E-state index contributed by atoms with van der Waals surface area (Å²) in [5.41, 5.74) is 1.91. The second-order valence-corrected chi connectivity index (χ2v) is 11.8. The molecule has 6 rings (SSSR count).